The topological polar surface area (TPSA) is 462 Å². The third-order valence-electron chi connectivity index (χ3n) is 18.1. The van der Waals surface area contributed by atoms with Gasteiger partial charge in [-0.2, -0.15) is 0 Å². The first kappa shape index (κ1) is 78.9. The molecule has 0 aliphatic carbocycles. The van der Waals surface area contributed by atoms with Gasteiger partial charge in [-0.1, -0.05) is 55.2 Å². The van der Waals surface area contributed by atoms with Crippen molar-refractivity contribution in [2.75, 3.05) is 34.3 Å². The van der Waals surface area contributed by atoms with Crippen molar-refractivity contribution in [1.82, 2.24) is 31.1 Å². The number of nitrogens with two attached hydrogens (primary N) is 1. The molecule has 15 N–H and O–H groups in total. The maximum atomic E-state index is 16.2. The number of aliphatic hydroxyl groups is 6. The van der Waals surface area contributed by atoms with Crippen molar-refractivity contribution in [2.45, 2.75) is 164 Å². The standard InChI is InChI=1S/C72H85Cl2N7O23/c1-31(2)19-43(81(8)71(99)104-72(3,4)5)68(97)78-58-47(87)23-36(26-54(75)89)66(95)76-56-35-24-51(100-49-16-13-33(60(58)90)21-41(49)73)65(103-70-64(94)63(93)62(92)53(30-82)102-70)52(25-35)101-50-17-14-34(22-42(50)74)61(91)59-69(98)77-57(45(85)11-9-10-18-80(6)7)40-27-37(83)28-46(86)55(40)39-20-32(12-15-44(39)84)38(29-48(56)88)67(96)79-59/h12-17,20-22,24-25,27-28,31,36,38,43,53,56-64,70,82-84,86,90-94H,9-11,18-19,23,26,29-30H2,1-8H3,(H2,75,89)(H,76,95)(H,77,98)(H,78,97)(H,79,96)/t36-,38-,43+,53+,56+,57-,58-,59-,60+,61+,62+,63-,64+,70-/m0/s1. The van der Waals surface area contributed by atoms with Gasteiger partial charge < -0.3 is 102 Å². The number of aromatic hydroxyl groups is 3. The van der Waals surface area contributed by atoms with Crippen molar-refractivity contribution < 1.29 is 113 Å². The maximum Gasteiger partial charge on any atom is 0.410 e. The quantitative estimate of drug-likeness (QED) is 0.0595. The van der Waals surface area contributed by atoms with E-state index in [1.807, 2.05) is 19.0 Å². The molecule has 104 heavy (non-hydrogen) atoms. The number of phenolic OH excluding ortho intramolecular Hbond substituents is 3. The van der Waals surface area contributed by atoms with Crippen LogP contribution in [0, 0.1) is 11.8 Å². The highest BCUT2D eigenvalue weighted by atomic mass is 35.5. The summed E-state index contributed by atoms with van der Waals surface area (Å²) in [5.74, 6) is -17.4. The van der Waals surface area contributed by atoms with E-state index in [1.165, 1.54) is 43.4 Å². The molecule has 32 heteroatoms. The van der Waals surface area contributed by atoms with Gasteiger partial charge in [-0.3, -0.25) is 43.3 Å². The van der Waals surface area contributed by atoms with Crippen molar-refractivity contribution in [3.63, 3.8) is 0 Å². The van der Waals surface area contributed by atoms with Gasteiger partial charge in [0.05, 0.1) is 28.5 Å². The van der Waals surface area contributed by atoms with E-state index in [2.05, 4.69) is 21.3 Å². The molecule has 6 aliphatic heterocycles. The number of benzene rings is 5. The van der Waals surface area contributed by atoms with E-state index < -0.39 is 204 Å². The molecular formula is C72H85Cl2N7O23. The number of carbonyl (C=O) groups excluding carboxylic acids is 9. The Morgan fingerprint density at radius 2 is 1.33 bits per heavy atom. The molecule has 560 valence electrons. The summed E-state index contributed by atoms with van der Waals surface area (Å²) in [7, 11) is 4.94. The maximum absolute atomic E-state index is 16.2. The second-order valence-corrected chi connectivity index (χ2v) is 28.7. The van der Waals surface area contributed by atoms with Crippen LogP contribution in [-0.4, -0.2) is 197 Å². The Morgan fingerprint density at radius 3 is 1.91 bits per heavy atom. The number of amides is 6. The molecule has 6 heterocycles. The highest BCUT2D eigenvalue weighted by molar-refractivity contribution is 6.32. The van der Waals surface area contributed by atoms with Gasteiger partial charge in [0.25, 0.3) is 0 Å². The van der Waals surface area contributed by atoms with Crippen LogP contribution in [-0.2, 0) is 47.8 Å². The normalized spacial score (nSPS) is 24.8. The average molecular weight is 1490 g/mol. The summed E-state index contributed by atoms with van der Waals surface area (Å²) in [5.41, 5.74) is 2.96. The predicted octanol–water partition coefficient (Wildman–Crippen LogP) is 4.71. The van der Waals surface area contributed by atoms with Gasteiger partial charge in [0.2, 0.25) is 41.6 Å². The van der Waals surface area contributed by atoms with Gasteiger partial charge in [-0.25, -0.2) is 4.79 Å². The molecule has 0 unspecified atom stereocenters. The molecule has 0 saturated carbocycles. The summed E-state index contributed by atoms with van der Waals surface area (Å²) in [5, 5.41) is 113. The monoisotopic (exact) mass is 1490 g/mol. The molecule has 0 radical (unpaired) electrons. The molecule has 1 saturated heterocycles. The third kappa shape index (κ3) is 18.1. The van der Waals surface area contributed by atoms with E-state index >= 15 is 24.0 Å². The van der Waals surface area contributed by atoms with E-state index in [1.54, 1.807) is 34.6 Å². The number of ketones is 3. The highest BCUT2D eigenvalue weighted by Gasteiger charge is 2.47. The van der Waals surface area contributed by atoms with Crippen LogP contribution in [0.1, 0.15) is 138 Å². The number of nitrogens with zero attached hydrogens (tertiary/aromatic N) is 2. The minimum Gasteiger partial charge on any atom is -0.508 e. The minimum absolute atomic E-state index is 0.0233. The Kier molecular flexibility index (Phi) is 24.9. The number of phenols is 3. The summed E-state index contributed by atoms with van der Waals surface area (Å²) < 4.78 is 30.8. The number of ether oxygens (including phenoxy) is 5. The number of hydrogen-bond donors (Lipinski definition) is 14. The molecule has 0 spiro atoms. The lowest BCUT2D eigenvalue weighted by Crippen LogP contribution is -2.60. The molecule has 5 aromatic rings. The molecule has 11 rings (SSSR count). The predicted molar refractivity (Wildman–Crippen MR) is 370 cm³/mol. The zero-order valence-corrected chi connectivity index (χ0v) is 59.5. The number of nitrogens with one attached hydrogen (secondary N) is 4. The number of fused-ring (bicyclic) bond motifs is 15. The molecule has 1 fully saturated rings. The fourth-order valence-electron chi connectivity index (χ4n) is 12.7. The van der Waals surface area contributed by atoms with Gasteiger partial charge in [-0.05, 0) is 149 Å². The molecule has 5 aromatic carbocycles. The number of hydrogen-bond acceptors (Lipinski definition) is 24. The number of rotatable bonds is 16. The number of Topliss-reactive ketones (excluding diaryl/α,β-unsaturated/α-hetero) is 3. The van der Waals surface area contributed by atoms with E-state index in [9.17, 15) is 65.1 Å². The number of likely N-dealkylation sites (N-methyl/N-ethyl adjacent to an activating group) is 1. The first-order valence-electron chi connectivity index (χ1n) is 33.5. The van der Waals surface area contributed by atoms with Crippen LogP contribution in [0.5, 0.6) is 46.0 Å². The van der Waals surface area contributed by atoms with Crippen molar-refractivity contribution in [1.29, 1.82) is 0 Å². The molecule has 11 bridgehead atoms. The highest BCUT2D eigenvalue weighted by Crippen LogP contribution is 2.50. The smallest absolute Gasteiger partial charge is 0.410 e. The summed E-state index contributed by atoms with van der Waals surface area (Å²) >= 11 is 14.1. The second kappa shape index (κ2) is 32.8. The fraction of sp³-hybridized carbons (Fsp3) is 0.458. The lowest BCUT2D eigenvalue weighted by molar-refractivity contribution is -0.277. The van der Waals surface area contributed by atoms with Crippen LogP contribution in [0.15, 0.2) is 78.9 Å². The lowest BCUT2D eigenvalue weighted by Gasteiger charge is -2.39. The average Bonchev–Trinajstić information content (AvgIpc) is 0.770. The van der Waals surface area contributed by atoms with Crippen molar-refractivity contribution in [3.8, 4) is 57.1 Å². The number of carbonyl (C=O) groups is 9. The van der Waals surface area contributed by atoms with Gasteiger partial charge in [0, 0.05) is 49.9 Å². The minimum atomic E-state index is -2.19. The Hall–Kier alpha value is -9.21. The van der Waals surface area contributed by atoms with Crippen LogP contribution >= 0.6 is 23.2 Å². The Morgan fingerprint density at radius 1 is 0.702 bits per heavy atom. The van der Waals surface area contributed by atoms with Gasteiger partial charge in [-0.15, -0.1) is 0 Å². The summed E-state index contributed by atoms with van der Waals surface area (Å²) in [6.07, 6.45) is -17.5. The Bertz CT molecular complexity index is 4130. The summed E-state index contributed by atoms with van der Waals surface area (Å²) in [6, 6.07) is 5.06. The summed E-state index contributed by atoms with van der Waals surface area (Å²) in [4.78, 5) is 137. The summed E-state index contributed by atoms with van der Waals surface area (Å²) in [6.45, 7) is 7.92. The van der Waals surface area contributed by atoms with E-state index in [0.29, 0.717) is 13.0 Å². The number of primary amides is 1. The molecule has 0 aromatic heterocycles. The SMILES string of the molecule is CC(C)C[C@H](C(=O)N[C@H]1C(=O)C[C@@H](CC(N)=O)C(=O)N[C@H]2C(=O)C[C@@H]3C(=O)N[C@H](C(=O)N[C@H](C(=O)CCCCN(C)C)c4cc(O)cc(O)c4-c4cc3ccc4O)[C@H](O)c3ccc(c(Cl)c3)Oc3cc2cc(c3O[C@@H]2O[C@H](CO)[C@@H](O)[C@H](O)[C@H]2O)Oc2ccc(cc2Cl)[C@H]1O)N(C)C(=O)OC(C)(C)C. The largest absolute Gasteiger partial charge is 0.508 e. The second-order valence-electron chi connectivity index (χ2n) is 27.9. The first-order valence-corrected chi connectivity index (χ1v) is 34.2. The van der Waals surface area contributed by atoms with Crippen LogP contribution < -0.4 is 41.2 Å². The zero-order valence-electron chi connectivity index (χ0n) is 58.0. The van der Waals surface area contributed by atoms with Crippen molar-refractivity contribution >= 4 is 76.2 Å². The third-order valence-corrected chi connectivity index (χ3v) is 18.7. The van der Waals surface area contributed by atoms with Crippen LogP contribution in [0.3, 0.4) is 0 Å². The van der Waals surface area contributed by atoms with E-state index in [4.69, 9.17) is 52.6 Å². The van der Waals surface area contributed by atoms with Crippen LogP contribution in [0.2, 0.25) is 10.0 Å². The molecule has 6 amide bonds. The Balaban J connectivity index is 1.29. The van der Waals surface area contributed by atoms with Gasteiger partial charge in [0.1, 0.15) is 101 Å². The zero-order chi connectivity index (χ0) is 76.2. The fourth-order valence-corrected chi connectivity index (χ4v) is 13.2. The van der Waals surface area contributed by atoms with Gasteiger partial charge >= 0.3 is 6.09 Å². The van der Waals surface area contributed by atoms with Crippen LogP contribution in [0.4, 0.5) is 4.79 Å². The van der Waals surface area contributed by atoms with Crippen LogP contribution in [0.25, 0.3) is 11.1 Å². The van der Waals surface area contributed by atoms with Crippen molar-refractivity contribution in [2.24, 2.45) is 17.6 Å². The number of aliphatic hydroxyl groups excluding tert-OH is 6. The van der Waals surface area contributed by atoms with Crippen molar-refractivity contribution in [3.05, 3.63) is 117 Å². The number of halogens is 2. The van der Waals surface area contributed by atoms with E-state index in [0.717, 1.165) is 47.4 Å². The molecule has 14 atom stereocenters. The molecular weight excluding hydrogens is 1400 g/mol. The first-order chi connectivity index (χ1) is 48.9. The van der Waals surface area contributed by atoms with Gasteiger partial charge in [0.15, 0.2) is 28.8 Å². The molecule has 6 aliphatic rings. The Labute approximate surface area is 607 Å². The molecule has 30 nitrogen and oxygen atoms in total. The number of unbranched alkanes of at least 4 members (excludes halogenated alkanes) is 1. The lowest BCUT2D eigenvalue weighted by atomic mass is 9.84. The van der Waals surface area contributed by atoms with E-state index in [-0.39, 0.29) is 85.7 Å².